The number of aliphatic hydroxyl groups is 1. The smallest absolute Gasteiger partial charge is 0.258 e. The molecule has 3 aliphatic rings. The van der Waals surface area contributed by atoms with Gasteiger partial charge < -0.3 is 19.5 Å². The number of amides is 1. The van der Waals surface area contributed by atoms with Crippen molar-refractivity contribution in [2.75, 3.05) is 5.94 Å². The number of ether oxygens (including phenoxy) is 2. The summed E-state index contributed by atoms with van der Waals surface area (Å²) in [5.74, 6) is 2.13. The Kier molecular flexibility index (Phi) is 4.71. The molecular formula is C23H26N2O4S. The second-order valence-corrected chi connectivity index (χ2v) is 9.84. The van der Waals surface area contributed by atoms with Gasteiger partial charge in [-0.25, -0.2) is 4.98 Å². The van der Waals surface area contributed by atoms with E-state index in [9.17, 15) is 9.90 Å². The summed E-state index contributed by atoms with van der Waals surface area (Å²) in [5.41, 5.74) is 2.74. The van der Waals surface area contributed by atoms with E-state index in [2.05, 4.69) is 4.98 Å². The molecule has 158 valence electrons. The Hall–Kier alpha value is -2.25. The van der Waals surface area contributed by atoms with Gasteiger partial charge in [-0.2, -0.15) is 0 Å². The molecule has 2 aliphatic heterocycles. The largest absolute Gasteiger partial charge is 0.488 e. The molecule has 0 unspecified atom stereocenters. The van der Waals surface area contributed by atoms with E-state index in [1.54, 1.807) is 31.8 Å². The van der Waals surface area contributed by atoms with Gasteiger partial charge in [0.1, 0.15) is 18.3 Å². The van der Waals surface area contributed by atoms with E-state index in [-0.39, 0.29) is 11.9 Å². The number of rotatable bonds is 6. The van der Waals surface area contributed by atoms with E-state index in [1.807, 2.05) is 30.0 Å². The summed E-state index contributed by atoms with van der Waals surface area (Å²) in [4.78, 5) is 20.6. The summed E-state index contributed by atoms with van der Waals surface area (Å²) >= 11 is 1.62. The van der Waals surface area contributed by atoms with Crippen molar-refractivity contribution in [3.63, 3.8) is 0 Å². The summed E-state index contributed by atoms with van der Waals surface area (Å²) < 4.78 is 11.7. The second-order valence-electron chi connectivity index (χ2n) is 8.91. The Bertz CT molecular complexity index is 1010. The number of nitrogens with zero attached hydrogens (tertiary/aromatic N) is 2. The first-order chi connectivity index (χ1) is 14.3. The zero-order valence-corrected chi connectivity index (χ0v) is 18.3. The van der Waals surface area contributed by atoms with Crippen molar-refractivity contribution >= 4 is 17.7 Å². The highest BCUT2D eigenvalue weighted by Crippen LogP contribution is 2.44. The number of carbonyl (C=O) groups excluding carboxylic acids is 1. The molecule has 1 saturated carbocycles. The molecule has 6 nitrogen and oxygen atoms in total. The molecule has 1 N–H and O–H groups in total. The van der Waals surface area contributed by atoms with Crippen molar-refractivity contribution in [1.29, 1.82) is 0 Å². The number of aryl methyl sites for hydroxylation is 1. The van der Waals surface area contributed by atoms with Crippen molar-refractivity contribution in [2.24, 2.45) is 5.92 Å². The van der Waals surface area contributed by atoms with E-state index < -0.39 is 5.60 Å². The monoisotopic (exact) mass is 426 g/mol. The number of hydrogen-bond acceptors (Lipinski definition) is 6. The Morgan fingerprint density at radius 3 is 2.93 bits per heavy atom. The average Bonchev–Trinajstić information content (AvgIpc) is 3.29. The molecule has 2 aromatic rings. The Morgan fingerprint density at radius 2 is 2.20 bits per heavy atom. The fraction of sp³-hybridized carbons (Fsp3) is 0.478. The zero-order chi connectivity index (χ0) is 21.0. The van der Waals surface area contributed by atoms with Crippen LogP contribution in [-0.4, -0.2) is 38.5 Å². The average molecular weight is 427 g/mol. The van der Waals surface area contributed by atoms with Gasteiger partial charge in [0.2, 0.25) is 5.88 Å². The van der Waals surface area contributed by atoms with Crippen LogP contribution >= 0.6 is 11.8 Å². The van der Waals surface area contributed by atoms with Crippen molar-refractivity contribution in [2.45, 2.75) is 63.3 Å². The standard InChI is InChI=1S/C23H26N2O4S/c1-13-9-24-21-19(30-12-29-21)16(13)11-28-17-6-4-5-15-10-25(22(26)18(15)17)20(14-7-8-14)23(2,3)27/h4-6,9,14,20,27H,7-8,10-12H2,1-3H3/t20-/m0/s1. The number of fused-ring (bicyclic) bond motifs is 2. The van der Waals surface area contributed by atoms with Crippen molar-refractivity contribution < 1.29 is 19.4 Å². The first kappa shape index (κ1) is 19.7. The molecule has 1 aliphatic carbocycles. The highest BCUT2D eigenvalue weighted by molar-refractivity contribution is 7.99. The third kappa shape index (κ3) is 3.34. The van der Waals surface area contributed by atoms with Crippen LogP contribution in [0.5, 0.6) is 11.6 Å². The van der Waals surface area contributed by atoms with Crippen LogP contribution in [0.1, 0.15) is 53.7 Å². The molecule has 1 atom stereocenters. The van der Waals surface area contributed by atoms with Gasteiger partial charge in [0.05, 0.1) is 22.1 Å². The minimum absolute atomic E-state index is 0.0472. The van der Waals surface area contributed by atoms with Gasteiger partial charge in [0.15, 0.2) is 0 Å². The lowest BCUT2D eigenvalue weighted by Crippen LogP contribution is -2.51. The lowest BCUT2D eigenvalue weighted by Gasteiger charge is -2.37. The number of hydrogen-bond donors (Lipinski definition) is 1. The quantitative estimate of drug-likeness (QED) is 0.755. The van der Waals surface area contributed by atoms with Gasteiger partial charge in [0.25, 0.3) is 5.91 Å². The Balaban J connectivity index is 1.42. The van der Waals surface area contributed by atoms with Gasteiger partial charge in [-0.3, -0.25) is 4.79 Å². The Labute approximate surface area is 180 Å². The molecule has 0 spiro atoms. The summed E-state index contributed by atoms with van der Waals surface area (Å²) in [6, 6.07) is 5.59. The number of carbonyl (C=O) groups is 1. The molecule has 7 heteroatoms. The van der Waals surface area contributed by atoms with Gasteiger partial charge in [-0.05, 0) is 56.7 Å². The normalized spacial score (nSPS) is 18.8. The molecule has 1 fully saturated rings. The van der Waals surface area contributed by atoms with E-state index in [4.69, 9.17) is 9.47 Å². The third-order valence-corrected chi connectivity index (χ3v) is 7.09. The maximum atomic E-state index is 13.4. The van der Waals surface area contributed by atoms with Crippen molar-refractivity contribution in [3.8, 4) is 11.6 Å². The Morgan fingerprint density at radius 1 is 1.40 bits per heavy atom. The molecule has 1 aromatic heterocycles. The predicted molar refractivity (Wildman–Crippen MR) is 114 cm³/mol. The molecule has 0 bridgehead atoms. The maximum absolute atomic E-state index is 13.4. The molecular weight excluding hydrogens is 400 g/mol. The molecule has 5 rings (SSSR count). The lowest BCUT2D eigenvalue weighted by molar-refractivity contribution is -0.0224. The highest BCUT2D eigenvalue weighted by atomic mass is 32.2. The zero-order valence-electron chi connectivity index (χ0n) is 17.5. The minimum Gasteiger partial charge on any atom is -0.488 e. The van der Waals surface area contributed by atoms with E-state index in [0.717, 1.165) is 34.4 Å². The van der Waals surface area contributed by atoms with Crippen molar-refractivity contribution in [3.05, 3.63) is 46.6 Å². The third-order valence-electron chi connectivity index (χ3n) is 6.15. The van der Waals surface area contributed by atoms with Gasteiger partial charge in [0, 0.05) is 18.3 Å². The van der Waals surface area contributed by atoms with Crippen LogP contribution in [-0.2, 0) is 13.2 Å². The summed E-state index contributed by atoms with van der Waals surface area (Å²) in [6.07, 6.45) is 3.92. The van der Waals surface area contributed by atoms with Crippen LogP contribution < -0.4 is 9.47 Å². The number of pyridine rings is 1. The van der Waals surface area contributed by atoms with E-state index >= 15 is 0 Å². The molecule has 3 heterocycles. The van der Waals surface area contributed by atoms with Crippen LogP contribution in [0.4, 0.5) is 0 Å². The first-order valence-corrected chi connectivity index (χ1v) is 11.3. The topological polar surface area (TPSA) is 71.9 Å². The summed E-state index contributed by atoms with van der Waals surface area (Å²) in [6.45, 7) is 6.49. The van der Waals surface area contributed by atoms with Crippen LogP contribution in [0.15, 0.2) is 29.3 Å². The molecule has 1 amide bonds. The number of thioether (sulfide) groups is 1. The number of benzene rings is 1. The second kappa shape index (κ2) is 7.17. The molecule has 1 aromatic carbocycles. The summed E-state index contributed by atoms with van der Waals surface area (Å²) in [5, 5.41) is 10.7. The van der Waals surface area contributed by atoms with E-state index in [0.29, 0.717) is 42.2 Å². The van der Waals surface area contributed by atoms with Gasteiger partial charge in [-0.15, -0.1) is 0 Å². The number of aromatic nitrogens is 1. The molecule has 0 radical (unpaired) electrons. The minimum atomic E-state index is -0.939. The summed E-state index contributed by atoms with van der Waals surface area (Å²) in [7, 11) is 0. The van der Waals surface area contributed by atoms with Crippen LogP contribution in [0.3, 0.4) is 0 Å². The SMILES string of the molecule is Cc1cnc2c(c1COc1cccc3c1C(=O)N([C@@H](C1CC1)C(C)(C)O)C3)SCO2. The maximum Gasteiger partial charge on any atom is 0.258 e. The lowest BCUT2D eigenvalue weighted by atomic mass is 9.93. The fourth-order valence-electron chi connectivity index (χ4n) is 4.64. The van der Waals surface area contributed by atoms with Crippen molar-refractivity contribution in [1.82, 2.24) is 9.88 Å². The van der Waals surface area contributed by atoms with Crippen LogP contribution in [0.2, 0.25) is 0 Å². The molecule has 0 saturated heterocycles. The predicted octanol–water partition coefficient (Wildman–Crippen LogP) is 3.92. The highest BCUT2D eigenvalue weighted by Gasteiger charge is 2.48. The van der Waals surface area contributed by atoms with Gasteiger partial charge in [-0.1, -0.05) is 23.9 Å². The van der Waals surface area contributed by atoms with Gasteiger partial charge >= 0.3 is 0 Å². The fourth-order valence-corrected chi connectivity index (χ4v) is 5.56. The van der Waals surface area contributed by atoms with Crippen LogP contribution in [0, 0.1) is 12.8 Å². The van der Waals surface area contributed by atoms with E-state index in [1.165, 1.54) is 0 Å². The van der Waals surface area contributed by atoms with Crippen LogP contribution in [0.25, 0.3) is 0 Å². The first-order valence-electron chi connectivity index (χ1n) is 10.4. The molecule has 30 heavy (non-hydrogen) atoms.